The van der Waals surface area contributed by atoms with Crippen molar-refractivity contribution >= 4 is 0 Å². The lowest BCUT2D eigenvalue weighted by Gasteiger charge is -2.12. The third-order valence-electron chi connectivity index (χ3n) is 2.12. The van der Waals surface area contributed by atoms with E-state index in [4.69, 9.17) is 9.78 Å². The summed E-state index contributed by atoms with van der Waals surface area (Å²) in [5.74, 6) is 0. The molecule has 0 aliphatic carbocycles. The molecule has 70 valence electrons. The number of hydrogen-bond acceptors (Lipinski definition) is 2. The molecule has 1 heterocycles. The van der Waals surface area contributed by atoms with Gasteiger partial charge in [0, 0.05) is 0 Å². The van der Waals surface area contributed by atoms with Crippen LogP contribution in [-0.4, -0.2) is 13.2 Å². The van der Waals surface area contributed by atoms with E-state index in [-0.39, 0.29) is 0 Å². The topological polar surface area (TPSA) is 18.5 Å². The van der Waals surface area contributed by atoms with E-state index in [0.717, 1.165) is 0 Å². The average Bonchev–Trinajstić information content (AvgIpc) is 2.14. The molecule has 12 heavy (non-hydrogen) atoms. The highest BCUT2D eigenvalue weighted by molar-refractivity contribution is 5.03. The molecule has 0 spiro atoms. The molecule has 0 fully saturated rings. The van der Waals surface area contributed by atoms with Gasteiger partial charge in [0.05, 0.1) is 0 Å². The fourth-order valence-corrected chi connectivity index (χ4v) is 1.33. The first-order valence-corrected chi connectivity index (χ1v) is 4.86. The van der Waals surface area contributed by atoms with Crippen molar-refractivity contribution < 1.29 is 9.78 Å². The summed E-state index contributed by atoms with van der Waals surface area (Å²) in [5.41, 5.74) is 1.40. The van der Waals surface area contributed by atoms with Crippen LogP contribution in [0, 0.1) is 0 Å². The summed E-state index contributed by atoms with van der Waals surface area (Å²) in [5, 5.41) is 0. The molecule has 0 unspecified atom stereocenters. The van der Waals surface area contributed by atoms with Crippen LogP contribution < -0.4 is 0 Å². The van der Waals surface area contributed by atoms with Gasteiger partial charge < -0.3 is 0 Å². The monoisotopic (exact) mass is 170 g/mol. The molecular weight excluding hydrogens is 152 g/mol. The summed E-state index contributed by atoms with van der Waals surface area (Å²) >= 11 is 0. The first kappa shape index (κ1) is 9.75. The van der Waals surface area contributed by atoms with Crippen LogP contribution in [0.1, 0.15) is 39.0 Å². The predicted molar refractivity (Wildman–Crippen MR) is 48.7 cm³/mol. The Balaban J connectivity index is 2.01. The summed E-state index contributed by atoms with van der Waals surface area (Å²) < 4.78 is 0. The minimum atomic E-state index is 0.628. The van der Waals surface area contributed by atoms with Gasteiger partial charge in [-0.1, -0.05) is 32.3 Å². The van der Waals surface area contributed by atoms with Gasteiger partial charge in [-0.05, 0) is 18.4 Å². The molecule has 0 atom stereocenters. The molecular formula is C10H18O2. The van der Waals surface area contributed by atoms with Gasteiger partial charge >= 0.3 is 0 Å². The number of rotatable bonds is 5. The molecule has 1 aliphatic heterocycles. The van der Waals surface area contributed by atoms with Crippen molar-refractivity contribution in [3.63, 3.8) is 0 Å². The second-order valence-electron chi connectivity index (χ2n) is 3.22. The van der Waals surface area contributed by atoms with Crippen molar-refractivity contribution in [2.75, 3.05) is 13.2 Å². The summed E-state index contributed by atoms with van der Waals surface area (Å²) in [4.78, 5) is 9.62. The molecule has 0 aromatic rings. The van der Waals surface area contributed by atoms with Gasteiger partial charge in [0.2, 0.25) is 0 Å². The largest absolute Gasteiger partial charge is 0.232 e. The van der Waals surface area contributed by atoms with Gasteiger partial charge in [-0.25, -0.2) is 9.78 Å². The molecule has 0 saturated carbocycles. The maximum absolute atomic E-state index is 4.87. The van der Waals surface area contributed by atoms with E-state index < -0.39 is 0 Å². The van der Waals surface area contributed by atoms with Gasteiger partial charge in [-0.15, -0.1) is 0 Å². The highest BCUT2D eigenvalue weighted by atomic mass is 17.2. The van der Waals surface area contributed by atoms with Crippen molar-refractivity contribution in [3.8, 4) is 0 Å². The Morgan fingerprint density at radius 3 is 2.83 bits per heavy atom. The molecule has 0 amide bonds. The van der Waals surface area contributed by atoms with E-state index >= 15 is 0 Å². The van der Waals surface area contributed by atoms with Crippen LogP contribution in [0.15, 0.2) is 11.6 Å². The van der Waals surface area contributed by atoms with E-state index in [1.165, 1.54) is 37.7 Å². The van der Waals surface area contributed by atoms with Crippen molar-refractivity contribution in [1.29, 1.82) is 0 Å². The Bertz CT molecular complexity index is 141. The van der Waals surface area contributed by atoms with Crippen molar-refractivity contribution in [2.45, 2.75) is 39.0 Å². The molecule has 1 rings (SSSR count). The molecule has 0 saturated heterocycles. The van der Waals surface area contributed by atoms with E-state index in [1.807, 2.05) is 0 Å². The van der Waals surface area contributed by atoms with Crippen LogP contribution in [0.4, 0.5) is 0 Å². The standard InChI is InChI=1S/C10H18O2/c1-2-3-4-5-6-10-7-8-11-12-9-10/h7H,2-6,8-9H2,1H3. The molecule has 0 aromatic heterocycles. The van der Waals surface area contributed by atoms with Crippen LogP contribution >= 0.6 is 0 Å². The molecule has 2 heteroatoms. The van der Waals surface area contributed by atoms with Crippen LogP contribution in [0.3, 0.4) is 0 Å². The van der Waals surface area contributed by atoms with Crippen LogP contribution in [0.25, 0.3) is 0 Å². The number of unbranched alkanes of at least 4 members (excludes halogenated alkanes) is 3. The molecule has 0 aromatic carbocycles. The first-order chi connectivity index (χ1) is 5.93. The van der Waals surface area contributed by atoms with Gasteiger partial charge in [-0.3, -0.25) is 0 Å². The zero-order chi connectivity index (χ0) is 8.65. The van der Waals surface area contributed by atoms with E-state index in [9.17, 15) is 0 Å². The summed E-state index contributed by atoms with van der Waals surface area (Å²) in [6.07, 6.45) is 8.61. The Kier molecular flexibility index (Phi) is 5.04. The van der Waals surface area contributed by atoms with Gasteiger partial charge in [0.25, 0.3) is 0 Å². The van der Waals surface area contributed by atoms with Crippen molar-refractivity contribution in [3.05, 3.63) is 11.6 Å². The minimum absolute atomic E-state index is 0.628. The fourth-order valence-electron chi connectivity index (χ4n) is 1.33. The maximum Gasteiger partial charge on any atom is 0.103 e. The molecule has 0 radical (unpaired) electrons. The predicted octanol–water partition coefficient (Wildman–Crippen LogP) is 2.85. The maximum atomic E-state index is 4.87. The Morgan fingerprint density at radius 1 is 1.25 bits per heavy atom. The van der Waals surface area contributed by atoms with Crippen LogP contribution in [0.5, 0.6) is 0 Å². The molecule has 0 bridgehead atoms. The lowest BCUT2D eigenvalue weighted by molar-refractivity contribution is -0.286. The zero-order valence-electron chi connectivity index (χ0n) is 7.84. The first-order valence-electron chi connectivity index (χ1n) is 4.86. The third-order valence-corrected chi connectivity index (χ3v) is 2.12. The SMILES string of the molecule is CCCCCCC1=CCOOC1. The van der Waals surface area contributed by atoms with Gasteiger partial charge in [-0.2, -0.15) is 0 Å². The van der Waals surface area contributed by atoms with E-state index in [1.54, 1.807) is 0 Å². The Labute approximate surface area is 74.5 Å². The Hall–Kier alpha value is -0.340. The average molecular weight is 170 g/mol. The van der Waals surface area contributed by atoms with Gasteiger partial charge in [0.1, 0.15) is 13.2 Å². The fraction of sp³-hybridized carbons (Fsp3) is 0.800. The molecule has 1 aliphatic rings. The van der Waals surface area contributed by atoms with E-state index in [0.29, 0.717) is 13.2 Å². The highest BCUT2D eigenvalue weighted by Gasteiger charge is 2.03. The quantitative estimate of drug-likeness (QED) is 0.359. The molecule has 0 N–H and O–H groups in total. The van der Waals surface area contributed by atoms with Crippen LogP contribution in [-0.2, 0) is 9.78 Å². The van der Waals surface area contributed by atoms with Gasteiger partial charge in [0.15, 0.2) is 0 Å². The smallest absolute Gasteiger partial charge is 0.103 e. The lowest BCUT2D eigenvalue weighted by Crippen LogP contribution is -2.07. The lowest BCUT2D eigenvalue weighted by atomic mass is 10.1. The summed E-state index contributed by atoms with van der Waals surface area (Å²) in [7, 11) is 0. The highest BCUT2D eigenvalue weighted by Crippen LogP contribution is 2.12. The Morgan fingerprint density at radius 2 is 2.17 bits per heavy atom. The number of hydrogen-bond donors (Lipinski definition) is 0. The molecule has 2 nitrogen and oxygen atoms in total. The van der Waals surface area contributed by atoms with Crippen LogP contribution in [0.2, 0.25) is 0 Å². The summed E-state index contributed by atoms with van der Waals surface area (Å²) in [6.45, 7) is 3.53. The third kappa shape index (κ3) is 3.88. The van der Waals surface area contributed by atoms with Crippen molar-refractivity contribution in [2.24, 2.45) is 0 Å². The zero-order valence-corrected chi connectivity index (χ0v) is 7.84. The second kappa shape index (κ2) is 6.21. The second-order valence-corrected chi connectivity index (χ2v) is 3.22. The normalized spacial score (nSPS) is 17.6. The summed E-state index contributed by atoms with van der Waals surface area (Å²) in [6, 6.07) is 0. The minimum Gasteiger partial charge on any atom is -0.232 e. The van der Waals surface area contributed by atoms with Crippen molar-refractivity contribution in [1.82, 2.24) is 0 Å². The van der Waals surface area contributed by atoms with E-state index in [2.05, 4.69) is 13.0 Å².